The van der Waals surface area contributed by atoms with Crippen LogP contribution in [0.4, 0.5) is 26.3 Å². The van der Waals surface area contributed by atoms with E-state index in [2.05, 4.69) is 9.05 Å². The zero-order valence-corrected chi connectivity index (χ0v) is 9.95. The molecule has 0 aliphatic carbocycles. The van der Waals surface area contributed by atoms with Crippen molar-refractivity contribution in [3.8, 4) is 0 Å². The molecular formula is C5H9F6NO2P2. The number of hydrogen-bond acceptors (Lipinski definition) is 3. The first-order chi connectivity index (χ1) is 7.10. The van der Waals surface area contributed by atoms with Gasteiger partial charge in [0.1, 0.15) is 13.2 Å². The summed E-state index contributed by atoms with van der Waals surface area (Å²) in [5.41, 5.74) is 0. The van der Waals surface area contributed by atoms with Gasteiger partial charge in [0.25, 0.3) is 0 Å². The minimum Gasteiger partial charge on any atom is -0.337 e. The van der Waals surface area contributed by atoms with E-state index in [1.807, 2.05) is 0 Å². The second-order valence-electron chi connectivity index (χ2n) is 2.55. The van der Waals surface area contributed by atoms with Crippen molar-refractivity contribution in [2.45, 2.75) is 12.4 Å². The van der Waals surface area contributed by atoms with Crippen LogP contribution in [0.2, 0.25) is 0 Å². The van der Waals surface area contributed by atoms with E-state index in [1.54, 1.807) is 0 Å². The molecule has 0 rings (SSSR count). The van der Waals surface area contributed by atoms with Gasteiger partial charge in [-0.25, -0.2) is 4.44 Å². The Morgan fingerprint density at radius 1 is 0.875 bits per heavy atom. The zero-order valence-electron chi connectivity index (χ0n) is 7.95. The number of hydrogen-bond donors (Lipinski definition) is 0. The Morgan fingerprint density at radius 2 is 1.19 bits per heavy atom. The van der Waals surface area contributed by atoms with Crippen molar-refractivity contribution in [2.75, 3.05) is 20.3 Å². The topological polar surface area (TPSA) is 21.7 Å². The molecule has 16 heavy (non-hydrogen) atoms. The highest BCUT2D eigenvalue weighted by molar-refractivity contribution is 7.45. The molecule has 11 heteroatoms. The van der Waals surface area contributed by atoms with Crippen molar-refractivity contribution in [3.63, 3.8) is 0 Å². The van der Waals surface area contributed by atoms with Crippen LogP contribution in [-0.4, -0.2) is 37.1 Å². The minimum atomic E-state index is -4.44. The third-order valence-electron chi connectivity index (χ3n) is 0.875. The van der Waals surface area contributed by atoms with Crippen LogP contribution in [0.25, 0.3) is 0 Å². The minimum absolute atomic E-state index is 0.694. The Bertz CT molecular complexity index is 178. The molecule has 0 aromatic heterocycles. The predicted octanol–water partition coefficient (Wildman–Crippen LogP) is 3.09. The first-order valence-corrected chi connectivity index (χ1v) is 5.43. The number of nitrogens with zero attached hydrogens (tertiary/aromatic N) is 1. The van der Waals surface area contributed by atoms with Gasteiger partial charge in [-0.05, 0) is 7.05 Å². The SMILES string of the molecule is CN(POCC(F)(F)F)POCC(F)(F)F. The van der Waals surface area contributed by atoms with Crippen LogP contribution in [0.1, 0.15) is 0 Å². The van der Waals surface area contributed by atoms with Crippen LogP contribution in [-0.2, 0) is 9.05 Å². The molecule has 0 bridgehead atoms. The Morgan fingerprint density at radius 3 is 1.44 bits per heavy atom. The fourth-order valence-electron chi connectivity index (χ4n) is 0.440. The molecule has 0 spiro atoms. The van der Waals surface area contributed by atoms with Crippen LogP contribution < -0.4 is 0 Å². The normalized spacial score (nSPS) is 15.0. The maximum absolute atomic E-state index is 11.6. The molecule has 0 aliphatic heterocycles. The van der Waals surface area contributed by atoms with E-state index < -0.39 is 43.5 Å². The molecule has 0 saturated carbocycles. The summed E-state index contributed by atoms with van der Waals surface area (Å²) in [5, 5.41) is 0. The first-order valence-electron chi connectivity index (χ1n) is 3.72. The summed E-state index contributed by atoms with van der Waals surface area (Å²) in [6.45, 7) is -2.86. The Kier molecular flexibility index (Phi) is 7.05. The second kappa shape index (κ2) is 6.91. The van der Waals surface area contributed by atoms with E-state index in [9.17, 15) is 26.3 Å². The van der Waals surface area contributed by atoms with Crippen LogP contribution in [0.3, 0.4) is 0 Å². The molecule has 0 N–H and O–H groups in total. The summed E-state index contributed by atoms with van der Waals surface area (Å²) in [6.07, 6.45) is -8.88. The van der Waals surface area contributed by atoms with Gasteiger partial charge in [-0.15, -0.1) is 0 Å². The average molecular weight is 291 g/mol. The Balaban J connectivity index is 3.49. The molecule has 0 radical (unpaired) electrons. The Hall–Kier alpha value is 0.320. The lowest BCUT2D eigenvalue weighted by Crippen LogP contribution is -2.16. The third kappa shape index (κ3) is 12.4. The molecule has 3 nitrogen and oxygen atoms in total. The van der Waals surface area contributed by atoms with Gasteiger partial charge in [0.15, 0.2) is 0 Å². The highest BCUT2D eigenvalue weighted by Gasteiger charge is 2.29. The molecule has 0 fully saturated rings. The highest BCUT2D eigenvalue weighted by atomic mass is 31.2. The zero-order chi connectivity index (χ0) is 12.8. The van der Waals surface area contributed by atoms with Crippen LogP contribution in [0, 0.1) is 0 Å². The average Bonchev–Trinajstić information content (AvgIpc) is 1.98. The van der Waals surface area contributed by atoms with Crippen molar-refractivity contribution in [1.82, 2.24) is 4.44 Å². The molecule has 0 amide bonds. The Labute approximate surface area is 91.3 Å². The van der Waals surface area contributed by atoms with E-state index in [-0.39, 0.29) is 0 Å². The fraction of sp³-hybridized carbons (Fsp3) is 1.00. The van der Waals surface area contributed by atoms with E-state index in [1.165, 1.54) is 7.05 Å². The third-order valence-corrected chi connectivity index (χ3v) is 2.52. The van der Waals surface area contributed by atoms with Gasteiger partial charge in [-0.1, -0.05) is 0 Å². The van der Waals surface area contributed by atoms with Gasteiger partial charge < -0.3 is 9.05 Å². The maximum atomic E-state index is 11.6. The van der Waals surface area contributed by atoms with Crippen molar-refractivity contribution < 1.29 is 35.4 Å². The van der Waals surface area contributed by atoms with Crippen molar-refractivity contribution in [1.29, 1.82) is 0 Å². The number of halogens is 6. The van der Waals surface area contributed by atoms with Gasteiger partial charge in [-0.2, -0.15) is 26.3 Å². The van der Waals surface area contributed by atoms with Gasteiger partial charge in [0.05, 0.1) is 17.9 Å². The van der Waals surface area contributed by atoms with Crippen LogP contribution >= 0.6 is 17.9 Å². The first kappa shape index (κ1) is 16.3. The van der Waals surface area contributed by atoms with E-state index >= 15 is 0 Å². The molecule has 0 saturated heterocycles. The fourth-order valence-corrected chi connectivity index (χ4v) is 1.82. The molecule has 2 unspecified atom stereocenters. The smallest absolute Gasteiger partial charge is 0.337 e. The molecule has 0 aromatic rings. The lowest BCUT2D eigenvalue weighted by molar-refractivity contribution is -0.152. The molecule has 0 aliphatic rings. The van der Waals surface area contributed by atoms with Crippen molar-refractivity contribution in [3.05, 3.63) is 0 Å². The summed E-state index contributed by atoms with van der Waals surface area (Å²) in [7, 11) is -0.0924. The monoisotopic (exact) mass is 291 g/mol. The van der Waals surface area contributed by atoms with E-state index in [0.717, 1.165) is 4.44 Å². The summed E-state index contributed by atoms with van der Waals surface area (Å²) < 4.78 is 79.1. The number of alkyl halides is 6. The quantitative estimate of drug-likeness (QED) is 0.554. The molecule has 98 valence electrons. The lowest BCUT2D eigenvalue weighted by atomic mass is 10.7. The second-order valence-corrected chi connectivity index (χ2v) is 5.28. The summed E-state index contributed by atoms with van der Waals surface area (Å²) in [6, 6.07) is 0. The van der Waals surface area contributed by atoms with Crippen LogP contribution in [0.15, 0.2) is 0 Å². The maximum Gasteiger partial charge on any atom is 0.412 e. The summed E-state index contributed by atoms with van der Waals surface area (Å²) >= 11 is 0. The lowest BCUT2D eigenvalue weighted by Gasteiger charge is -2.16. The van der Waals surface area contributed by atoms with Gasteiger partial charge in [0.2, 0.25) is 0 Å². The van der Waals surface area contributed by atoms with Crippen molar-refractivity contribution >= 4 is 17.9 Å². The largest absolute Gasteiger partial charge is 0.412 e. The summed E-state index contributed by atoms with van der Waals surface area (Å²) in [4.78, 5) is 0. The molecular weight excluding hydrogens is 282 g/mol. The number of rotatable bonds is 6. The standard InChI is InChI=1S/C5H9F6NO2P2/c1-12(15-13-2-4(6,7)8)16-14-3-5(9,10)11/h15-16H,2-3H2,1H3. The van der Waals surface area contributed by atoms with E-state index in [4.69, 9.17) is 0 Å². The molecule has 0 aromatic carbocycles. The summed E-state index contributed by atoms with van der Waals surface area (Å²) in [5.74, 6) is 0. The highest BCUT2D eigenvalue weighted by Crippen LogP contribution is 2.34. The van der Waals surface area contributed by atoms with Gasteiger partial charge >= 0.3 is 12.4 Å². The van der Waals surface area contributed by atoms with Gasteiger partial charge in [0, 0.05) is 0 Å². The molecule has 0 heterocycles. The van der Waals surface area contributed by atoms with E-state index in [0.29, 0.717) is 0 Å². The van der Waals surface area contributed by atoms with Crippen LogP contribution in [0.5, 0.6) is 0 Å². The molecule has 2 atom stereocenters. The predicted molar refractivity (Wildman–Crippen MR) is 48.4 cm³/mol. The van der Waals surface area contributed by atoms with Crippen molar-refractivity contribution in [2.24, 2.45) is 0 Å². The van der Waals surface area contributed by atoms with Gasteiger partial charge in [-0.3, -0.25) is 0 Å².